The summed E-state index contributed by atoms with van der Waals surface area (Å²) in [5.74, 6) is 1.12. The fraction of sp³-hybridized carbons (Fsp3) is 0.875. The molecule has 3 rings (SSSR count). The molecule has 3 saturated heterocycles. The monoisotopic (exact) mass is 293 g/mol. The third-order valence-electron chi connectivity index (χ3n) is 5.41. The average molecular weight is 293 g/mol. The lowest BCUT2D eigenvalue weighted by molar-refractivity contribution is -0.139. The van der Waals surface area contributed by atoms with Crippen molar-refractivity contribution in [2.24, 2.45) is 5.92 Å². The average Bonchev–Trinajstić information content (AvgIpc) is 2.94. The zero-order chi connectivity index (χ0) is 14.8. The SMILES string of the molecule is CN1CCC(CCN2CCC(=O)N3CCCC3C2=O)CC1. The van der Waals surface area contributed by atoms with Gasteiger partial charge in [0.15, 0.2) is 0 Å². The van der Waals surface area contributed by atoms with Crippen molar-refractivity contribution in [3.8, 4) is 0 Å². The standard InChI is InChI=1S/C16H27N3O2/c1-17-9-4-13(5-10-17)6-11-18-12-7-15(20)19-8-2-3-14(19)16(18)21/h13-14H,2-12H2,1H3. The molecule has 1 atom stereocenters. The van der Waals surface area contributed by atoms with Crippen LogP contribution in [0.5, 0.6) is 0 Å². The first kappa shape index (κ1) is 14.8. The van der Waals surface area contributed by atoms with Crippen LogP contribution in [0.4, 0.5) is 0 Å². The normalized spacial score (nSPS) is 28.9. The van der Waals surface area contributed by atoms with Crippen LogP contribution < -0.4 is 0 Å². The van der Waals surface area contributed by atoms with Gasteiger partial charge in [0.05, 0.1) is 0 Å². The molecular formula is C16H27N3O2. The molecular weight excluding hydrogens is 266 g/mol. The first-order valence-electron chi connectivity index (χ1n) is 8.42. The van der Waals surface area contributed by atoms with Gasteiger partial charge in [-0.05, 0) is 58.2 Å². The predicted octanol–water partition coefficient (Wildman–Crippen LogP) is 0.942. The summed E-state index contributed by atoms with van der Waals surface area (Å²) in [6.07, 6.45) is 5.93. The number of likely N-dealkylation sites (tertiary alicyclic amines) is 1. The quantitative estimate of drug-likeness (QED) is 0.778. The van der Waals surface area contributed by atoms with E-state index in [0.29, 0.717) is 13.0 Å². The molecule has 3 aliphatic heterocycles. The third-order valence-corrected chi connectivity index (χ3v) is 5.41. The Kier molecular flexibility index (Phi) is 4.48. The zero-order valence-electron chi connectivity index (χ0n) is 13.1. The number of nitrogens with zero attached hydrogens (tertiary/aromatic N) is 3. The summed E-state index contributed by atoms with van der Waals surface area (Å²) in [5, 5.41) is 0. The molecule has 5 nitrogen and oxygen atoms in total. The maximum atomic E-state index is 12.6. The highest BCUT2D eigenvalue weighted by molar-refractivity contribution is 5.90. The molecule has 21 heavy (non-hydrogen) atoms. The Morgan fingerprint density at radius 1 is 1.05 bits per heavy atom. The highest BCUT2D eigenvalue weighted by atomic mass is 16.2. The van der Waals surface area contributed by atoms with E-state index in [-0.39, 0.29) is 17.9 Å². The van der Waals surface area contributed by atoms with Crippen molar-refractivity contribution in [1.82, 2.24) is 14.7 Å². The van der Waals surface area contributed by atoms with Gasteiger partial charge in [-0.15, -0.1) is 0 Å². The largest absolute Gasteiger partial charge is 0.340 e. The van der Waals surface area contributed by atoms with E-state index in [4.69, 9.17) is 0 Å². The van der Waals surface area contributed by atoms with Crippen LogP contribution in [-0.4, -0.2) is 72.3 Å². The first-order valence-corrected chi connectivity index (χ1v) is 8.42. The van der Waals surface area contributed by atoms with E-state index in [1.807, 2.05) is 9.80 Å². The van der Waals surface area contributed by atoms with Gasteiger partial charge in [-0.25, -0.2) is 0 Å². The third kappa shape index (κ3) is 3.23. The zero-order valence-corrected chi connectivity index (χ0v) is 13.1. The Balaban J connectivity index is 1.55. The summed E-state index contributed by atoms with van der Waals surface area (Å²) in [5.41, 5.74) is 0. The van der Waals surface area contributed by atoms with Crippen molar-refractivity contribution in [2.75, 3.05) is 39.8 Å². The molecule has 0 saturated carbocycles. The molecule has 0 spiro atoms. The number of rotatable bonds is 3. The lowest BCUT2D eigenvalue weighted by Crippen LogP contribution is -2.44. The second-order valence-corrected chi connectivity index (χ2v) is 6.86. The lowest BCUT2D eigenvalue weighted by Gasteiger charge is -2.31. The van der Waals surface area contributed by atoms with Gasteiger partial charge in [0, 0.05) is 26.1 Å². The number of amides is 2. The molecule has 1 unspecified atom stereocenters. The molecule has 3 heterocycles. The fourth-order valence-electron chi connectivity index (χ4n) is 3.93. The molecule has 0 N–H and O–H groups in total. The number of hydrogen-bond acceptors (Lipinski definition) is 3. The van der Waals surface area contributed by atoms with Gasteiger partial charge >= 0.3 is 0 Å². The second kappa shape index (κ2) is 6.34. The van der Waals surface area contributed by atoms with E-state index >= 15 is 0 Å². The minimum absolute atomic E-state index is 0.155. The Bertz CT molecular complexity index is 404. The number of carbonyl (C=O) groups excluding carboxylic acids is 2. The van der Waals surface area contributed by atoms with Gasteiger partial charge in [0.25, 0.3) is 0 Å². The van der Waals surface area contributed by atoms with Crippen LogP contribution >= 0.6 is 0 Å². The van der Waals surface area contributed by atoms with Crippen molar-refractivity contribution < 1.29 is 9.59 Å². The van der Waals surface area contributed by atoms with Crippen LogP contribution in [-0.2, 0) is 9.59 Å². The molecule has 0 aliphatic carbocycles. The molecule has 0 aromatic heterocycles. The van der Waals surface area contributed by atoms with Crippen molar-refractivity contribution in [1.29, 1.82) is 0 Å². The first-order chi connectivity index (χ1) is 10.1. The Morgan fingerprint density at radius 2 is 1.81 bits per heavy atom. The molecule has 0 radical (unpaired) electrons. The number of hydrogen-bond donors (Lipinski definition) is 0. The maximum Gasteiger partial charge on any atom is 0.245 e. The molecule has 2 amide bonds. The van der Waals surface area contributed by atoms with Gasteiger partial charge in [0.1, 0.15) is 6.04 Å². The van der Waals surface area contributed by atoms with E-state index in [9.17, 15) is 9.59 Å². The highest BCUT2D eigenvalue weighted by Gasteiger charge is 2.39. The van der Waals surface area contributed by atoms with Crippen LogP contribution in [0.2, 0.25) is 0 Å². The van der Waals surface area contributed by atoms with Crippen molar-refractivity contribution in [2.45, 2.75) is 44.6 Å². The van der Waals surface area contributed by atoms with E-state index in [1.54, 1.807) is 0 Å². The molecule has 3 aliphatic rings. The Hall–Kier alpha value is -1.10. The van der Waals surface area contributed by atoms with Crippen LogP contribution in [0.25, 0.3) is 0 Å². The van der Waals surface area contributed by atoms with Gasteiger partial charge < -0.3 is 14.7 Å². The highest BCUT2D eigenvalue weighted by Crippen LogP contribution is 2.25. The van der Waals surface area contributed by atoms with Crippen LogP contribution in [0.15, 0.2) is 0 Å². The van der Waals surface area contributed by atoms with E-state index in [0.717, 1.165) is 38.3 Å². The minimum atomic E-state index is -0.155. The number of carbonyl (C=O) groups is 2. The van der Waals surface area contributed by atoms with E-state index in [1.165, 1.54) is 25.9 Å². The fourth-order valence-corrected chi connectivity index (χ4v) is 3.93. The molecule has 0 aromatic carbocycles. The molecule has 0 bridgehead atoms. The number of piperidine rings is 1. The van der Waals surface area contributed by atoms with Crippen LogP contribution in [0, 0.1) is 5.92 Å². The molecule has 0 aromatic rings. The summed E-state index contributed by atoms with van der Waals surface area (Å²) < 4.78 is 0. The van der Waals surface area contributed by atoms with Crippen molar-refractivity contribution in [3.05, 3.63) is 0 Å². The topological polar surface area (TPSA) is 43.9 Å². The van der Waals surface area contributed by atoms with Gasteiger partial charge in [-0.1, -0.05) is 0 Å². The molecule has 3 fully saturated rings. The van der Waals surface area contributed by atoms with Crippen molar-refractivity contribution in [3.63, 3.8) is 0 Å². The summed E-state index contributed by atoms with van der Waals surface area (Å²) in [4.78, 5) is 30.9. The maximum absolute atomic E-state index is 12.6. The molecule has 5 heteroatoms. The summed E-state index contributed by atoms with van der Waals surface area (Å²) in [6.45, 7) is 4.58. The van der Waals surface area contributed by atoms with Gasteiger partial charge in [0.2, 0.25) is 11.8 Å². The molecule has 118 valence electrons. The second-order valence-electron chi connectivity index (χ2n) is 6.86. The summed E-state index contributed by atoms with van der Waals surface area (Å²) >= 11 is 0. The van der Waals surface area contributed by atoms with Crippen molar-refractivity contribution >= 4 is 11.8 Å². The predicted molar refractivity (Wildman–Crippen MR) is 80.8 cm³/mol. The van der Waals surface area contributed by atoms with Crippen LogP contribution in [0.1, 0.15) is 38.5 Å². The van der Waals surface area contributed by atoms with E-state index in [2.05, 4.69) is 11.9 Å². The summed E-state index contributed by atoms with van der Waals surface area (Å²) in [6, 6.07) is -0.155. The van der Waals surface area contributed by atoms with E-state index < -0.39 is 0 Å². The number of fused-ring (bicyclic) bond motifs is 1. The lowest BCUT2D eigenvalue weighted by atomic mass is 9.93. The Morgan fingerprint density at radius 3 is 2.57 bits per heavy atom. The van der Waals surface area contributed by atoms with Gasteiger partial charge in [-0.3, -0.25) is 9.59 Å². The Labute approximate surface area is 127 Å². The smallest absolute Gasteiger partial charge is 0.245 e. The van der Waals surface area contributed by atoms with Gasteiger partial charge in [-0.2, -0.15) is 0 Å². The minimum Gasteiger partial charge on any atom is -0.340 e. The summed E-state index contributed by atoms with van der Waals surface area (Å²) in [7, 11) is 2.18. The van der Waals surface area contributed by atoms with Crippen LogP contribution in [0.3, 0.4) is 0 Å².